The number of benzene rings is 1. The van der Waals surface area contributed by atoms with Gasteiger partial charge in [-0.3, -0.25) is 0 Å². The van der Waals surface area contributed by atoms with Crippen LogP contribution >= 0.6 is 0 Å². The zero-order chi connectivity index (χ0) is 21.4. The summed E-state index contributed by atoms with van der Waals surface area (Å²) in [6.45, 7) is 0.185. The van der Waals surface area contributed by atoms with Gasteiger partial charge in [0.1, 0.15) is 5.60 Å². The number of hydrogen-bond acceptors (Lipinski definition) is 5. The maximum Gasteiger partial charge on any atom is 0.331 e. The molecule has 1 aromatic carbocycles. The predicted octanol–water partition coefficient (Wildman–Crippen LogP) is 2.89. The van der Waals surface area contributed by atoms with E-state index in [-0.39, 0.29) is 32.5 Å². The molecule has 160 valence electrons. The molecular weight excluding hydrogens is 384 g/mol. The van der Waals surface area contributed by atoms with Gasteiger partial charge in [0, 0.05) is 12.0 Å². The zero-order valence-electron chi connectivity index (χ0n) is 16.9. The van der Waals surface area contributed by atoms with Crippen LogP contribution in [0.3, 0.4) is 0 Å². The molecule has 0 saturated carbocycles. The first kappa shape index (κ1) is 22.2. The Hall–Kier alpha value is -2.51. The molecule has 0 aromatic heterocycles. The minimum Gasteiger partial charge on any atom is -0.478 e. The van der Waals surface area contributed by atoms with Crippen LogP contribution in [0.25, 0.3) is 0 Å². The minimum atomic E-state index is -0.934. The smallest absolute Gasteiger partial charge is 0.331 e. The molecule has 0 bridgehead atoms. The van der Waals surface area contributed by atoms with Gasteiger partial charge in [-0.05, 0) is 29.6 Å². The van der Waals surface area contributed by atoms with Crippen molar-refractivity contribution in [2.24, 2.45) is 0 Å². The first-order chi connectivity index (χ1) is 14.6. The largest absolute Gasteiger partial charge is 0.478 e. The summed E-state index contributed by atoms with van der Waals surface area (Å²) in [7, 11) is 0. The van der Waals surface area contributed by atoms with Gasteiger partial charge in [-0.25, -0.2) is 4.79 Å². The Kier molecular flexibility index (Phi) is 7.76. The highest BCUT2D eigenvalue weighted by molar-refractivity contribution is 5.87. The van der Waals surface area contributed by atoms with Gasteiger partial charge in [0.25, 0.3) is 0 Å². The van der Waals surface area contributed by atoms with Crippen LogP contribution in [-0.2, 0) is 19.9 Å². The van der Waals surface area contributed by atoms with E-state index in [9.17, 15) is 15.0 Å². The van der Waals surface area contributed by atoms with Crippen LogP contribution in [0.2, 0.25) is 0 Å². The molecule has 0 aliphatic heterocycles. The Labute approximate surface area is 176 Å². The number of carboxylic acids is 1. The van der Waals surface area contributed by atoms with Crippen LogP contribution in [0, 0.1) is 0 Å². The first-order valence-corrected chi connectivity index (χ1v) is 10.2. The van der Waals surface area contributed by atoms with Crippen molar-refractivity contribution in [3.05, 3.63) is 83.0 Å². The molecule has 0 fully saturated rings. The molecule has 6 heteroatoms. The standard InChI is InChI=1S/C24H28O6/c25-13-15-29-22-8-4-7-21(17-22)24(30-16-14-26,19-5-2-1-3-6-19)20-11-9-18(10-12-20)23(27)28/h1-9,11,22,25-26H,10,12-17H2,(H,27,28). The summed E-state index contributed by atoms with van der Waals surface area (Å²) >= 11 is 0. The fourth-order valence-corrected chi connectivity index (χ4v) is 4.05. The van der Waals surface area contributed by atoms with Gasteiger partial charge in [0.2, 0.25) is 0 Å². The number of allylic oxidation sites excluding steroid dienone is 4. The summed E-state index contributed by atoms with van der Waals surface area (Å²) < 4.78 is 12.1. The molecule has 2 aliphatic carbocycles. The lowest BCUT2D eigenvalue weighted by atomic mass is 9.73. The molecule has 2 unspecified atom stereocenters. The number of aliphatic hydroxyl groups excluding tert-OH is 2. The third kappa shape index (κ3) is 4.79. The molecule has 0 radical (unpaired) electrons. The fraction of sp³-hybridized carbons (Fsp3) is 0.375. The highest BCUT2D eigenvalue weighted by Crippen LogP contribution is 2.46. The quantitative estimate of drug-likeness (QED) is 0.547. The number of ether oxygens (including phenoxy) is 2. The summed E-state index contributed by atoms with van der Waals surface area (Å²) in [5.41, 5.74) is 2.25. The third-order valence-electron chi connectivity index (χ3n) is 5.39. The maximum atomic E-state index is 11.4. The Morgan fingerprint density at radius 2 is 1.77 bits per heavy atom. The van der Waals surface area contributed by atoms with Gasteiger partial charge >= 0.3 is 5.97 Å². The van der Waals surface area contributed by atoms with Crippen molar-refractivity contribution in [3.63, 3.8) is 0 Å². The molecule has 2 atom stereocenters. The van der Waals surface area contributed by atoms with E-state index in [0.717, 1.165) is 16.7 Å². The normalized spacial score (nSPS) is 20.7. The van der Waals surface area contributed by atoms with Crippen molar-refractivity contribution >= 4 is 5.97 Å². The predicted molar refractivity (Wildman–Crippen MR) is 113 cm³/mol. The second-order valence-corrected chi connectivity index (χ2v) is 7.22. The van der Waals surface area contributed by atoms with Crippen molar-refractivity contribution in [1.29, 1.82) is 0 Å². The SMILES string of the molecule is O=C(O)C1=CC=C(C(OCCO)(C2=CC=CC(OCCO)C2)c2ccccc2)CC1. The van der Waals surface area contributed by atoms with E-state index >= 15 is 0 Å². The number of carboxylic acid groups (broad SMARTS) is 1. The van der Waals surface area contributed by atoms with Crippen LogP contribution in [0.4, 0.5) is 0 Å². The monoisotopic (exact) mass is 412 g/mol. The van der Waals surface area contributed by atoms with Crippen molar-refractivity contribution in [2.75, 3.05) is 26.4 Å². The Morgan fingerprint density at radius 3 is 2.40 bits per heavy atom. The van der Waals surface area contributed by atoms with Crippen molar-refractivity contribution in [2.45, 2.75) is 31.0 Å². The number of hydrogen-bond donors (Lipinski definition) is 3. The van der Waals surface area contributed by atoms with Gasteiger partial charge in [0.15, 0.2) is 0 Å². The van der Waals surface area contributed by atoms with E-state index in [1.165, 1.54) is 0 Å². The average molecular weight is 412 g/mol. The molecule has 6 nitrogen and oxygen atoms in total. The summed E-state index contributed by atoms with van der Waals surface area (Å²) in [6.07, 6.45) is 10.6. The number of carbonyl (C=O) groups is 1. The van der Waals surface area contributed by atoms with Gasteiger partial charge < -0.3 is 24.8 Å². The Bertz CT molecular complexity index is 852. The number of aliphatic hydroxyl groups is 2. The maximum absolute atomic E-state index is 11.4. The van der Waals surface area contributed by atoms with E-state index in [4.69, 9.17) is 14.6 Å². The zero-order valence-corrected chi connectivity index (χ0v) is 16.9. The van der Waals surface area contributed by atoms with Gasteiger partial charge in [-0.1, -0.05) is 60.7 Å². The minimum absolute atomic E-state index is 0.0534. The lowest BCUT2D eigenvalue weighted by Gasteiger charge is -2.41. The van der Waals surface area contributed by atoms with Crippen LogP contribution in [0.5, 0.6) is 0 Å². The van der Waals surface area contributed by atoms with E-state index < -0.39 is 11.6 Å². The lowest BCUT2D eigenvalue weighted by Crippen LogP contribution is -2.38. The van der Waals surface area contributed by atoms with E-state index in [1.54, 1.807) is 6.08 Å². The highest BCUT2D eigenvalue weighted by Gasteiger charge is 2.42. The van der Waals surface area contributed by atoms with Gasteiger partial charge in [0.05, 0.1) is 32.5 Å². The number of aliphatic carboxylic acids is 1. The lowest BCUT2D eigenvalue weighted by molar-refractivity contribution is -0.132. The van der Waals surface area contributed by atoms with E-state index in [1.807, 2.05) is 54.6 Å². The van der Waals surface area contributed by atoms with Gasteiger partial charge in [-0.15, -0.1) is 0 Å². The summed E-state index contributed by atoms with van der Waals surface area (Å²) in [4.78, 5) is 11.4. The number of rotatable bonds is 10. The Morgan fingerprint density at radius 1 is 1.00 bits per heavy atom. The second kappa shape index (κ2) is 10.5. The fourth-order valence-electron chi connectivity index (χ4n) is 4.05. The van der Waals surface area contributed by atoms with Crippen molar-refractivity contribution in [1.82, 2.24) is 0 Å². The first-order valence-electron chi connectivity index (χ1n) is 10.2. The highest BCUT2D eigenvalue weighted by atomic mass is 16.5. The molecule has 0 saturated heterocycles. The van der Waals surface area contributed by atoms with E-state index in [2.05, 4.69) is 0 Å². The third-order valence-corrected chi connectivity index (χ3v) is 5.39. The second-order valence-electron chi connectivity index (χ2n) is 7.22. The summed E-state index contributed by atoms with van der Waals surface area (Å²) in [5, 5.41) is 28.0. The summed E-state index contributed by atoms with van der Waals surface area (Å²) in [5.74, 6) is -0.913. The van der Waals surface area contributed by atoms with Crippen LogP contribution < -0.4 is 0 Å². The van der Waals surface area contributed by atoms with Crippen molar-refractivity contribution < 1.29 is 29.6 Å². The molecule has 3 rings (SSSR count). The van der Waals surface area contributed by atoms with Crippen LogP contribution in [-0.4, -0.2) is 53.8 Å². The van der Waals surface area contributed by atoms with Crippen LogP contribution in [0.1, 0.15) is 24.8 Å². The van der Waals surface area contributed by atoms with Gasteiger partial charge in [-0.2, -0.15) is 0 Å². The molecule has 0 heterocycles. The molecule has 3 N–H and O–H groups in total. The molecule has 0 amide bonds. The topological polar surface area (TPSA) is 96.2 Å². The average Bonchev–Trinajstić information content (AvgIpc) is 2.79. The summed E-state index contributed by atoms with van der Waals surface area (Å²) in [6, 6.07) is 9.77. The van der Waals surface area contributed by atoms with Crippen LogP contribution in [0.15, 0.2) is 77.4 Å². The molecule has 1 aromatic rings. The van der Waals surface area contributed by atoms with Crippen molar-refractivity contribution in [3.8, 4) is 0 Å². The Balaban J connectivity index is 2.09. The molecule has 0 spiro atoms. The molecular formula is C24H28O6. The van der Waals surface area contributed by atoms with E-state index in [0.29, 0.717) is 24.8 Å². The molecule has 2 aliphatic rings. The molecule has 30 heavy (non-hydrogen) atoms.